The summed E-state index contributed by atoms with van der Waals surface area (Å²) in [5, 5.41) is 15.0. The van der Waals surface area contributed by atoms with Crippen LogP contribution in [0.5, 0.6) is 5.75 Å². The SMILES string of the molecule is O=C(NC(=O)c1c(O)cccc1Cl)NC1c2ccccc2-c2ccccc21. The first-order chi connectivity index (χ1) is 13.1. The molecule has 1 aliphatic carbocycles. The van der Waals surface area contributed by atoms with Crippen molar-refractivity contribution in [3.8, 4) is 16.9 Å². The Labute approximate surface area is 160 Å². The van der Waals surface area contributed by atoms with Crippen LogP contribution >= 0.6 is 11.6 Å². The van der Waals surface area contributed by atoms with Gasteiger partial charge < -0.3 is 10.4 Å². The molecule has 0 fully saturated rings. The van der Waals surface area contributed by atoms with Crippen LogP contribution in [0.15, 0.2) is 66.7 Å². The molecule has 134 valence electrons. The van der Waals surface area contributed by atoms with Crippen molar-refractivity contribution in [2.45, 2.75) is 6.04 Å². The number of phenolic OH excluding ortho intramolecular Hbond substituents is 1. The molecule has 0 spiro atoms. The van der Waals surface area contributed by atoms with Gasteiger partial charge in [0.1, 0.15) is 11.3 Å². The van der Waals surface area contributed by atoms with Crippen LogP contribution in [0.3, 0.4) is 0 Å². The van der Waals surface area contributed by atoms with Gasteiger partial charge in [0.15, 0.2) is 0 Å². The quantitative estimate of drug-likeness (QED) is 0.623. The van der Waals surface area contributed by atoms with Crippen LogP contribution < -0.4 is 10.6 Å². The van der Waals surface area contributed by atoms with E-state index in [0.29, 0.717) is 0 Å². The molecule has 5 nitrogen and oxygen atoms in total. The Bertz CT molecular complexity index is 999. The van der Waals surface area contributed by atoms with Crippen LogP contribution in [0, 0.1) is 0 Å². The number of amides is 3. The largest absolute Gasteiger partial charge is 0.507 e. The van der Waals surface area contributed by atoms with E-state index in [9.17, 15) is 14.7 Å². The molecule has 0 aliphatic heterocycles. The molecule has 0 saturated heterocycles. The first kappa shape index (κ1) is 17.1. The van der Waals surface area contributed by atoms with Crippen molar-refractivity contribution in [1.29, 1.82) is 0 Å². The van der Waals surface area contributed by atoms with E-state index in [0.717, 1.165) is 22.3 Å². The van der Waals surface area contributed by atoms with Gasteiger partial charge in [-0.2, -0.15) is 0 Å². The van der Waals surface area contributed by atoms with Gasteiger partial charge in [0.25, 0.3) is 5.91 Å². The number of aromatic hydroxyl groups is 1. The maximum atomic E-state index is 12.5. The Hall–Kier alpha value is -3.31. The summed E-state index contributed by atoms with van der Waals surface area (Å²) < 4.78 is 0. The van der Waals surface area contributed by atoms with Crippen molar-refractivity contribution < 1.29 is 14.7 Å². The molecule has 27 heavy (non-hydrogen) atoms. The van der Waals surface area contributed by atoms with E-state index in [1.54, 1.807) is 0 Å². The van der Waals surface area contributed by atoms with E-state index in [2.05, 4.69) is 10.6 Å². The van der Waals surface area contributed by atoms with Crippen LogP contribution in [-0.2, 0) is 0 Å². The fraction of sp³-hybridized carbons (Fsp3) is 0.0476. The van der Waals surface area contributed by atoms with Gasteiger partial charge in [0, 0.05) is 0 Å². The highest BCUT2D eigenvalue weighted by Gasteiger charge is 2.29. The van der Waals surface area contributed by atoms with Gasteiger partial charge in [-0.25, -0.2) is 4.79 Å². The number of hydrogen-bond donors (Lipinski definition) is 3. The number of carbonyl (C=O) groups is 2. The van der Waals surface area contributed by atoms with E-state index in [4.69, 9.17) is 11.6 Å². The minimum Gasteiger partial charge on any atom is -0.507 e. The molecule has 0 unspecified atom stereocenters. The van der Waals surface area contributed by atoms with E-state index < -0.39 is 11.9 Å². The second-order valence-electron chi connectivity index (χ2n) is 6.17. The maximum absolute atomic E-state index is 12.5. The summed E-state index contributed by atoms with van der Waals surface area (Å²) in [6.45, 7) is 0. The monoisotopic (exact) mass is 378 g/mol. The number of urea groups is 1. The summed E-state index contributed by atoms with van der Waals surface area (Å²) in [6, 6.07) is 18.9. The van der Waals surface area contributed by atoms with Gasteiger partial charge in [0.2, 0.25) is 0 Å². The Kier molecular flexibility index (Phi) is 4.30. The molecule has 3 amide bonds. The number of carbonyl (C=O) groups excluding carboxylic acids is 2. The number of hydrogen-bond acceptors (Lipinski definition) is 3. The number of halogens is 1. The summed E-state index contributed by atoms with van der Waals surface area (Å²) in [5.74, 6) is -1.06. The van der Waals surface area contributed by atoms with E-state index in [1.165, 1.54) is 18.2 Å². The minimum atomic E-state index is -0.768. The predicted octanol–water partition coefficient (Wildman–Crippen LogP) is 4.26. The van der Waals surface area contributed by atoms with Crippen molar-refractivity contribution >= 4 is 23.5 Å². The van der Waals surface area contributed by atoms with Crippen LogP contribution in [-0.4, -0.2) is 17.0 Å². The van der Waals surface area contributed by atoms with E-state index >= 15 is 0 Å². The Morgan fingerprint density at radius 3 is 2.04 bits per heavy atom. The lowest BCUT2D eigenvalue weighted by molar-refractivity contribution is 0.0961. The van der Waals surface area contributed by atoms with Crippen molar-refractivity contribution in [3.05, 3.63) is 88.4 Å². The van der Waals surface area contributed by atoms with E-state index in [-0.39, 0.29) is 22.4 Å². The normalized spacial score (nSPS) is 12.2. The van der Waals surface area contributed by atoms with Crippen molar-refractivity contribution in [3.63, 3.8) is 0 Å². The summed E-state index contributed by atoms with van der Waals surface area (Å²) in [4.78, 5) is 24.8. The lowest BCUT2D eigenvalue weighted by atomic mass is 10.1. The number of phenols is 1. The molecule has 3 aromatic carbocycles. The molecule has 0 saturated carbocycles. The van der Waals surface area contributed by atoms with Crippen LogP contribution in [0.1, 0.15) is 27.5 Å². The molecule has 6 heteroatoms. The molecule has 0 heterocycles. The van der Waals surface area contributed by atoms with Gasteiger partial charge in [0.05, 0.1) is 11.1 Å². The van der Waals surface area contributed by atoms with Crippen LogP contribution in [0.25, 0.3) is 11.1 Å². The summed E-state index contributed by atoms with van der Waals surface area (Å²) in [6.07, 6.45) is 0. The second kappa shape index (κ2) is 6.78. The standard InChI is InChI=1S/C21H15ClN2O3/c22-16-10-5-11-17(25)18(16)20(26)24-21(27)23-19-14-8-3-1-6-12(14)13-7-2-4-9-15(13)19/h1-11,19,25H,(H2,23,24,26,27). The lowest BCUT2D eigenvalue weighted by Crippen LogP contribution is -2.41. The summed E-state index contributed by atoms with van der Waals surface area (Å²) in [7, 11) is 0. The van der Waals surface area contributed by atoms with Crippen LogP contribution in [0.4, 0.5) is 4.79 Å². The van der Waals surface area contributed by atoms with Gasteiger partial charge in [-0.15, -0.1) is 0 Å². The average molecular weight is 379 g/mol. The van der Waals surface area contributed by atoms with Crippen molar-refractivity contribution in [2.24, 2.45) is 0 Å². The number of imide groups is 1. The van der Waals surface area contributed by atoms with Gasteiger partial charge in [-0.05, 0) is 34.4 Å². The van der Waals surface area contributed by atoms with E-state index in [1.807, 2.05) is 48.5 Å². The molecule has 3 aromatic rings. The highest BCUT2D eigenvalue weighted by molar-refractivity contribution is 6.34. The maximum Gasteiger partial charge on any atom is 0.322 e. The zero-order valence-corrected chi connectivity index (χ0v) is 14.8. The smallest absolute Gasteiger partial charge is 0.322 e. The molecule has 0 bridgehead atoms. The first-order valence-electron chi connectivity index (χ1n) is 8.34. The molecule has 0 radical (unpaired) electrons. The lowest BCUT2D eigenvalue weighted by Gasteiger charge is -2.16. The highest BCUT2D eigenvalue weighted by Crippen LogP contribution is 2.42. The molecule has 1 aliphatic rings. The van der Waals surface area contributed by atoms with Gasteiger partial charge >= 0.3 is 6.03 Å². The third-order valence-corrected chi connectivity index (χ3v) is 4.87. The number of nitrogens with one attached hydrogen (secondary N) is 2. The average Bonchev–Trinajstić information content (AvgIpc) is 2.96. The topological polar surface area (TPSA) is 78.4 Å². The summed E-state index contributed by atoms with van der Waals surface area (Å²) >= 11 is 5.96. The third kappa shape index (κ3) is 3.02. The van der Waals surface area contributed by atoms with Gasteiger partial charge in [-0.3, -0.25) is 10.1 Å². The third-order valence-electron chi connectivity index (χ3n) is 4.55. The second-order valence-corrected chi connectivity index (χ2v) is 6.58. The number of benzene rings is 3. The van der Waals surface area contributed by atoms with Gasteiger partial charge in [-0.1, -0.05) is 66.2 Å². The van der Waals surface area contributed by atoms with Crippen molar-refractivity contribution in [2.75, 3.05) is 0 Å². The molecule has 4 rings (SSSR count). The molecule has 3 N–H and O–H groups in total. The fourth-order valence-corrected chi connectivity index (χ4v) is 3.64. The Balaban J connectivity index is 1.58. The molecular formula is C21H15ClN2O3. The minimum absolute atomic E-state index is 0.0665. The first-order valence-corrected chi connectivity index (χ1v) is 8.71. The molecule has 0 atom stereocenters. The highest BCUT2D eigenvalue weighted by atomic mass is 35.5. The zero-order valence-electron chi connectivity index (χ0n) is 14.1. The fourth-order valence-electron chi connectivity index (χ4n) is 3.38. The number of rotatable bonds is 2. The van der Waals surface area contributed by atoms with Crippen LogP contribution in [0.2, 0.25) is 5.02 Å². The molecule has 0 aromatic heterocycles. The van der Waals surface area contributed by atoms with Crippen molar-refractivity contribution in [1.82, 2.24) is 10.6 Å². The zero-order chi connectivity index (χ0) is 19.0. The summed E-state index contributed by atoms with van der Waals surface area (Å²) in [5.41, 5.74) is 3.88. The Morgan fingerprint density at radius 1 is 0.852 bits per heavy atom. The Morgan fingerprint density at radius 2 is 1.44 bits per heavy atom. The number of fused-ring (bicyclic) bond motifs is 3. The predicted molar refractivity (Wildman–Crippen MR) is 103 cm³/mol. The molecular weight excluding hydrogens is 364 g/mol.